The lowest BCUT2D eigenvalue weighted by molar-refractivity contribution is 0.0695. The second kappa shape index (κ2) is 11.4. The van der Waals surface area contributed by atoms with Crippen LogP contribution in [0.3, 0.4) is 0 Å². The summed E-state index contributed by atoms with van der Waals surface area (Å²) >= 11 is 6.26. The molecule has 4 rings (SSSR count). The number of aryl methyl sites for hydroxylation is 2. The number of halogens is 3. The number of aromatic carboxylic acids is 2. The van der Waals surface area contributed by atoms with Gasteiger partial charge in [-0.05, 0) is 73.4 Å². The van der Waals surface area contributed by atoms with Gasteiger partial charge in [-0.3, -0.25) is 4.68 Å². The molecule has 11 heteroatoms. The van der Waals surface area contributed by atoms with Gasteiger partial charge in [0.15, 0.2) is 11.6 Å². The summed E-state index contributed by atoms with van der Waals surface area (Å²) in [6.07, 6.45) is -0.147. The van der Waals surface area contributed by atoms with Crippen molar-refractivity contribution in [3.63, 3.8) is 0 Å². The maximum absolute atomic E-state index is 14.7. The van der Waals surface area contributed by atoms with E-state index in [0.717, 1.165) is 34.5 Å². The maximum Gasteiger partial charge on any atom is 0.336 e. The largest absolute Gasteiger partial charge is 0.493 e. The van der Waals surface area contributed by atoms with E-state index in [1.165, 1.54) is 19.2 Å². The van der Waals surface area contributed by atoms with E-state index in [4.69, 9.17) is 21.1 Å². The zero-order chi connectivity index (χ0) is 29.3. The summed E-state index contributed by atoms with van der Waals surface area (Å²) in [5, 5.41) is 23.9. The van der Waals surface area contributed by atoms with Gasteiger partial charge in [0.05, 0.1) is 23.9 Å². The average Bonchev–Trinajstić information content (AvgIpc) is 3.17. The van der Waals surface area contributed by atoms with Crippen LogP contribution in [0, 0.1) is 25.5 Å². The van der Waals surface area contributed by atoms with Crippen molar-refractivity contribution in [3.8, 4) is 22.8 Å². The molecule has 0 aliphatic carbocycles. The second-order valence-corrected chi connectivity index (χ2v) is 9.52. The van der Waals surface area contributed by atoms with Crippen molar-refractivity contribution >= 4 is 23.5 Å². The summed E-state index contributed by atoms with van der Waals surface area (Å²) in [7, 11) is 2.94. The molecule has 4 aromatic rings. The first-order valence-electron chi connectivity index (χ1n) is 12.0. The topological polar surface area (TPSA) is 111 Å². The molecule has 0 saturated carbocycles. The van der Waals surface area contributed by atoms with Crippen molar-refractivity contribution in [3.05, 3.63) is 98.2 Å². The van der Waals surface area contributed by atoms with E-state index in [0.29, 0.717) is 10.9 Å². The Bertz CT molecular complexity index is 1650. The number of rotatable bonds is 9. The van der Waals surface area contributed by atoms with Crippen LogP contribution in [0.4, 0.5) is 8.78 Å². The quantitative estimate of drug-likeness (QED) is 0.246. The van der Waals surface area contributed by atoms with Crippen LogP contribution >= 0.6 is 11.6 Å². The van der Waals surface area contributed by atoms with Crippen LogP contribution < -0.4 is 9.47 Å². The number of carboxylic acid groups (broad SMARTS) is 2. The zero-order valence-corrected chi connectivity index (χ0v) is 22.8. The summed E-state index contributed by atoms with van der Waals surface area (Å²) in [5.41, 5.74) is 3.23. The predicted molar refractivity (Wildman–Crippen MR) is 144 cm³/mol. The van der Waals surface area contributed by atoms with Crippen molar-refractivity contribution in [2.45, 2.75) is 26.9 Å². The lowest BCUT2D eigenvalue weighted by atomic mass is 9.94. The molecule has 0 bridgehead atoms. The number of hydrogen-bond acceptors (Lipinski definition) is 5. The van der Waals surface area contributed by atoms with E-state index in [2.05, 4.69) is 5.10 Å². The fraction of sp³-hybridized carbons (Fsp3) is 0.207. The molecule has 0 spiro atoms. The maximum atomic E-state index is 14.7. The van der Waals surface area contributed by atoms with E-state index in [-0.39, 0.29) is 46.6 Å². The molecule has 1 heterocycles. The Morgan fingerprint density at radius 3 is 2.33 bits per heavy atom. The molecule has 0 amide bonds. The van der Waals surface area contributed by atoms with Gasteiger partial charge in [0.1, 0.15) is 17.5 Å². The first-order chi connectivity index (χ1) is 18.9. The highest BCUT2D eigenvalue weighted by Crippen LogP contribution is 2.34. The monoisotopic (exact) mass is 570 g/mol. The average molecular weight is 571 g/mol. The Morgan fingerprint density at radius 1 is 1.02 bits per heavy atom. The van der Waals surface area contributed by atoms with Crippen molar-refractivity contribution in [1.29, 1.82) is 0 Å². The van der Waals surface area contributed by atoms with Gasteiger partial charge >= 0.3 is 11.9 Å². The molecule has 0 radical (unpaired) electrons. The minimum absolute atomic E-state index is 0.147. The zero-order valence-electron chi connectivity index (χ0n) is 22.0. The number of aromatic nitrogens is 2. The molecule has 1 aromatic heterocycles. The summed E-state index contributed by atoms with van der Waals surface area (Å²) in [4.78, 5) is 23.2. The normalized spacial score (nSPS) is 11.0. The molecule has 208 valence electrons. The van der Waals surface area contributed by atoms with Crippen molar-refractivity contribution in [2.75, 3.05) is 7.11 Å². The third-order valence-corrected chi connectivity index (χ3v) is 7.09. The van der Waals surface area contributed by atoms with Gasteiger partial charge in [-0.15, -0.1) is 0 Å². The van der Waals surface area contributed by atoms with Gasteiger partial charge in [0.2, 0.25) is 5.82 Å². The smallest absolute Gasteiger partial charge is 0.336 e. The first kappa shape index (κ1) is 28.6. The fourth-order valence-corrected chi connectivity index (χ4v) is 4.61. The van der Waals surface area contributed by atoms with Crippen LogP contribution in [0.15, 0.2) is 42.5 Å². The summed E-state index contributed by atoms with van der Waals surface area (Å²) < 4.78 is 42.0. The minimum Gasteiger partial charge on any atom is -0.493 e. The summed E-state index contributed by atoms with van der Waals surface area (Å²) in [6, 6.07) is 9.96. The number of carbonyl (C=O) groups is 2. The fourth-order valence-electron chi connectivity index (χ4n) is 4.48. The summed E-state index contributed by atoms with van der Waals surface area (Å²) in [5.74, 6) is -4.94. The number of nitrogens with zero attached hydrogens (tertiary/aromatic N) is 2. The van der Waals surface area contributed by atoms with Crippen molar-refractivity contribution < 1.29 is 38.1 Å². The highest BCUT2D eigenvalue weighted by atomic mass is 35.5. The predicted octanol–water partition coefficient (Wildman–Crippen LogP) is 6.21. The van der Waals surface area contributed by atoms with E-state index >= 15 is 0 Å². The highest BCUT2D eigenvalue weighted by Gasteiger charge is 2.23. The molecule has 0 aliphatic heterocycles. The minimum atomic E-state index is -1.36. The van der Waals surface area contributed by atoms with Gasteiger partial charge in [0, 0.05) is 23.7 Å². The van der Waals surface area contributed by atoms with Crippen LogP contribution in [-0.2, 0) is 20.1 Å². The Kier molecular flexibility index (Phi) is 8.11. The molecular weight excluding hydrogens is 546 g/mol. The molecule has 0 saturated heterocycles. The van der Waals surface area contributed by atoms with Gasteiger partial charge < -0.3 is 19.7 Å². The Hall–Kier alpha value is -4.44. The standard InChI is InChI=1S/C29H25ClF2N2O6/c1-14-9-17(25-15(2)27(30)34(3)33-25)7-8-23(14)40-13-21-19(12-22(31)24(32)26(21)39-4)10-16-5-6-18(28(35)36)11-20(16)29(37)38/h5-9,11-12H,10,13H2,1-4H3,(H,35,36)(H,37,38). The lowest BCUT2D eigenvalue weighted by Gasteiger charge is -2.18. The first-order valence-corrected chi connectivity index (χ1v) is 12.4. The highest BCUT2D eigenvalue weighted by molar-refractivity contribution is 6.30. The number of ether oxygens (including phenoxy) is 2. The lowest BCUT2D eigenvalue weighted by Crippen LogP contribution is -2.11. The molecule has 40 heavy (non-hydrogen) atoms. The van der Waals surface area contributed by atoms with E-state index in [1.807, 2.05) is 19.9 Å². The molecule has 0 atom stereocenters. The summed E-state index contributed by atoms with van der Waals surface area (Å²) in [6.45, 7) is 3.47. The van der Waals surface area contributed by atoms with Crippen LogP contribution in [0.25, 0.3) is 11.3 Å². The molecular formula is C29H25ClF2N2O6. The van der Waals surface area contributed by atoms with E-state index in [9.17, 15) is 28.6 Å². The molecule has 0 fully saturated rings. The Labute approximate surface area is 233 Å². The third kappa shape index (κ3) is 5.48. The SMILES string of the molecule is COc1c(F)c(F)cc(Cc2ccc(C(=O)O)cc2C(=O)O)c1COc1ccc(-c2nn(C)c(Cl)c2C)cc1C. The van der Waals surface area contributed by atoms with Crippen LogP contribution in [0.5, 0.6) is 11.5 Å². The van der Waals surface area contributed by atoms with Gasteiger partial charge in [-0.1, -0.05) is 17.7 Å². The van der Waals surface area contributed by atoms with Crippen molar-refractivity contribution in [1.82, 2.24) is 9.78 Å². The third-order valence-electron chi connectivity index (χ3n) is 6.56. The number of carboxylic acids is 2. The van der Waals surface area contributed by atoms with E-state index in [1.54, 1.807) is 23.9 Å². The number of methoxy groups -OCH3 is 1. The van der Waals surface area contributed by atoms with Crippen LogP contribution in [0.1, 0.15) is 48.5 Å². The van der Waals surface area contributed by atoms with Gasteiger partial charge in [-0.25, -0.2) is 14.0 Å². The van der Waals surface area contributed by atoms with Crippen LogP contribution in [-0.4, -0.2) is 39.0 Å². The molecule has 8 nitrogen and oxygen atoms in total. The molecule has 3 aromatic carbocycles. The Morgan fingerprint density at radius 2 is 1.75 bits per heavy atom. The Balaban J connectivity index is 1.69. The number of benzene rings is 3. The molecule has 0 unspecified atom stereocenters. The number of hydrogen-bond donors (Lipinski definition) is 2. The van der Waals surface area contributed by atoms with Crippen molar-refractivity contribution in [2.24, 2.45) is 7.05 Å². The molecule has 2 N–H and O–H groups in total. The second-order valence-electron chi connectivity index (χ2n) is 9.16. The van der Waals surface area contributed by atoms with Gasteiger partial charge in [-0.2, -0.15) is 9.49 Å². The van der Waals surface area contributed by atoms with Crippen LogP contribution in [0.2, 0.25) is 5.15 Å². The van der Waals surface area contributed by atoms with E-state index < -0.39 is 23.6 Å². The van der Waals surface area contributed by atoms with Gasteiger partial charge in [0.25, 0.3) is 0 Å². The molecule has 0 aliphatic rings.